The average molecular weight is 405 g/mol. The van der Waals surface area contributed by atoms with Crippen LogP contribution < -0.4 is 21.4 Å². The van der Waals surface area contributed by atoms with Gasteiger partial charge in [-0.25, -0.2) is 0 Å². The zero-order valence-electron chi connectivity index (χ0n) is 16.4. The Balaban J connectivity index is 2.18. The highest BCUT2D eigenvalue weighted by atomic mass is 32.2. The molecule has 1 aromatic heterocycles. The normalized spacial score (nSPS) is 11.3. The Kier molecular flexibility index (Phi) is 6.40. The Bertz CT molecular complexity index is 1010. The standard InChI is InChI=1S/C19H25N5O3S/c1-12(2)17-10-13(3)9-14(4)24(17)11-18(25)22-15-5-7-16(8-6-15)28(26,27)23-19(20)21/h5-10,12H,11H2,1-4H3,(H4-,20,21,22,23,25)/p+1. The second-order valence-electron chi connectivity index (χ2n) is 6.90. The molecule has 0 saturated heterocycles. The van der Waals surface area contributed by atoms with Gasteiger partial charge in [-0.2, -0.15) is 13.0 Å². The lowest BCUT2D eigenvalue weighted by Gasteiger charge is -2.11. The Morgan fingerprint density at radius 2 is 1.75 bits per heavy atom. The summed E-state index contributed by atoms with van der Waals surface area (Å²) < 4.78 is 29.1. The van der Waals surface area contributed by atoms with Crippen LogP contribution in [0.5, 0.6) is 0 Å². The summed E-state index contributed by atoms with van der Waals surface area (Å²) in [4.78, 5) is 12.5. The molecular formula is C19H26N5O3S+. The van der Waals surface area contributed by atoms with Crippen LogP contribution in [-0.4, -0.2) is 20.3 Å². The summed E-state index contributed by atoms with van der Waals surface area (Å²) in [6.45, 7) is 8.32. The number of carbonyl (C=O) groups is 1. The fraction of sp³-hybridized carbons (Fsp3) is 0.316. The third kappa shape index (κ3) is 5.29. The first kappa shape index (κ1) is 21.4. The maximum absolute atomic E-state index is 12.5. The molecule has 0 spiro atoms. The summed E-state index contributed by atoms with van der Waals surface area (Å²) in [7, 11) is -3.96. The number of carbonyl (C=O) groups excluding carboxylic acids is 1. The van der Waals surface area contributed by atoms with Crippen molar-refractivity contribution in [2.24, 2.45) is 15.9 Å². The van der Waals surface area contributed by atoms with E-state index in [0.29, 0.717) is 5.69 Å². The van der Waals surface area contributed by atoms with E-state index in [0.717, 1.165) is 17.0 Å². The molecule has 28 heavy (non-hydrogen) atoms. The highest BCUT2D eigenvalue weighted by Gasteiger charge is 2.21. The van der Waals surface area contributed by atoms with Gasteiger partial charge < -0.3 is 16.8 Å². The molecule has 0 atom stereocenters. The molecule has 2 rings (SSSR count). The van der Waals surface area contributed by atoms with Crippen LogP contribution in [0.15, 0.2) is 45.7 Å². The minimum absolute atomic E-state index is 0.0650. The van der Waals surface area contributed by atoms with Gasteiger partial charge in [-0.05, 0) is 36.8 Å². The van der Waals surface area contributed by atoms with Crippen LogP contribution >= 0.6 is 0 Å². The molecule has 0 bridgehead atoms. The number of pyridine rings is 1. The lowest BCUT2D eigenvalue weighted by atomic mass is 10.1. The highest BCUT2D eigenvalue weighted by Crippen LogP contribution is 2.16. The molecule has 0 aliphatic carbocycles. The first-order valence-electron chi connectivity index (χ1n) is 8.76. The van der Waals surface area contributed by atoms with Crippen molar-refractivity contribution < 1.29 is 17.8 Å². The molecule has 9 heteroatoms. The summed E-state index contributed by atoms with van der Waals surface area (Å²) in [5, 5.41) is 2.78. The van der Waals surface area contributed by atoms with Crippen molar-refractivity contribution in [2.45, 2.75) is 45.1 Å². The monoisotopic (exact) mass is 404 g/mol. The van der Waals surface area contributed by atoms with Gasteiger partial charge in [0.05, 0.1) is 4.90 Å². The summed E-state index contributed by atoms with van der Waals surface area (Å²) in [6, 6.07) is 9.76. The number of aromatic nitrogens is 1. The van der Waals surface area contributed by atoms with E-state index >= 15 is 0 Å². The van der Waals surface area contributed by atoms with Gasteiger partial charge in [0.2, 0.25) is 12.5 Å². The van der Waals surface area contributed by atoms with Crippen molar-refractivity contribution in [3.8, 4) is 0 Å². The molecule has 0 aliphatic heterocycles. The molecule has 0 unspecified atom stereocenters. The lowest BCUT2D eigenvalue weighted by Crippen LogP contribution is -2.46. The predicted octanol–water partition coefficient (Wildman–Crippen LogP) is 1.32. The Morgan fingerprint density at radius 1 is 1.14 bits per heavy atom. The quantitative estimate of drug-likeness (QED) is 0.379. The van der Waals surface area contributed by atoms with Gasteiger partial charge in [-0.3, -0.25) is 4.79 Å². The number of nitrogens with two attached hydrogens (primary N) is 2. The van der Waals surface area contributed by atoms with Crippen LogP contribution in [-0.2, 0) is 21.4 Å². The van der Waals surface area contributed by atoms with E-state index in [1.165, 1.54) is 24.3 Å². The maximum Gasteiger partial charge on any atom is 0.290 e. The Labute approximate surface area is 165 Å². The molecule has 1 aromatic carbocycles. The molecule has 8 nitrogen and oxygen atoms in total. The molecule has 0 fully saturated rings. The number of nitrogens with one attached hydrogen (secondary N) is 1. The van der Waals surface area contributed by atoms with Gasteiger partial charge in [0.25, 0.3) is 15.9 Å². The molecule has 2 aromatic rings. The summed E-state index contributed by atoms with van der Waals surface area (Å²) in [5.74, 6) is -0.478. The molecule has 0 radical (unpaired) electrons. The number of hydrogen-bond acceptors (Lipinski definition) is 3. The van der Waals surface area contributed by atoms with Gasteiger partial charge >= 0.3 is 0 Å². The summed E-state index contributed by atoms with van der Waals surface area (Å²) in [5.41, 5.74) is 14.0. The number of aryl methyl sites for hydroxylation is 2. The van der Waals surface area contributed by atoms with E-state index in [1.807, 2.05) is 24.5 Å². The highest BCUT2D eigenvalue weighted by molar-refractivity contribution is 7.90. The van der Waals surface area contributed by atoms with Crippen LogP contribution in [0.4, 0.5) is 5.69 Å². The maximum atomic E-state index is 12.5. The van der Waals surface area contributed by atoms with Crippen LogP contribution in [0.2, 0.25) is 0 Å². The largest absolute Gasteiger partial charge is 0.369 e. The second kappa shape index (κ2) is 8.39. The van der Waals surface area contributed by atoms with Crippen LogP contribution in [0.1, 0.15) is 36.7 Å². The average Bonchev–Trinajstić information content (AvgIpc) is 2.56. The Hall–Kier alpha value is -2.94. The topological polar surface area (TPSA) is 132 Å². The van der Waals surface area contributed by atoms with Gasteiger partial charge in [-0.1, -0.05) is 13.8 Å². The molecule has 5 N–H and O–H groups in total. The summed E-state index contributed by atoms with van der Waals surface area (Å²) >= 11 is 0. The van der Waals surface area contributed by atoms with E-state index in [4.69, 9.17) is 11.5 Å². The lowest BCUT2D eigenvalue weighted by molar-refractivity contribution is -0.698. The van der Waals surface area contributed by atoms with Gasteiger partial charge in [0.1, 0.15) is 0 Å². The number of guanidine groups is 1. The number of sulfonamides is 1. The first-order valence-corrected chi connectivity index (χ1v) is 10.2. The van der Waals surface area contributed by atoms with Crippen molar-refractivity contribution in [2.75, 3.05) is 5.32 Å². The second-order valence-corrected chi connectivity index (χ2v) is 8.51. The minimum atomic E-state index is -3.96. The van der Waals surface area contributed by atoms with Gasteiger partial charge in [-0.15, -0.1) is 4.40 Å². The van der Waals surface area contributed by atoms with Crippen molar-refractivity contribution in [3.63, 3.8) is 0 Å². The number of rotatable bonds is 6. The molecule has 1 heterocycles. The van der Waals surface area contributed by atoms with Gasteiger partial charge in [0.15, 0.2) is 11.4 Å². The number of hydrogen-bond donors (Lipinski definition) is 3. The predicted molar refractivity (Wildman–Crippen MR) is 108 cm³/mol. The smallest absolute Gasteiger partial charge is 0.290 e. The van der Waals surface area contributed by atoms with Crippen molar-refractivity contribution in [1.29, 1.82) is 0 Å². The Morgan fingerprint density at radius 3 is 2.29 bits per heavy atom. The van der Waals surface area contributed by atoms with Crippen LogP contribution in [0.3, 0.4) is 0 Å². The number of benzene rings is 1. The summed E-state index contributed by atoms with van der Waals surface area (Å²) in [6.07, 6.45) is 0. The number of amides is 1. The van der Waals surface area contributed by atoms with Gasteiger partial charge in [0, 0.05) is 30.7 Å². The zero-order chi connectivity index (χ0) is 21.1. The molecule has 1 amide bonds. The van der Waals surface area contributed by atoms with Crippen molar-refractivity contribution in [3.05, 3.63) is 53.3 Å². The van der Waals surface area contributed by atoms with E-state index in [1.54, 1.807) is 0 Å². The number of anilines is 1. The fourth-order valence-electron chi connectivity index (χ4n) is 2.90. The van der Waals surface area contributed by atoms with E-state index in [2.05, 4.69) is 29.6 Å². The van der Waals surface area contributed by atoms with Crippen LogP contribution in [0, 0.1) is 13.8 Å². The molecule has 0 saturated carbocycles. The van der Waals surface area contributed by atoms with Crippen molar-refractivity contribution in [1.82, 2.24) is 0 Å². The third-order valence-corrected chi connectivity index (χ3v) is 5.42. The van der Waals surface area contributed by atoms with E-state index in [-0.39, 0.29) is 23.3 Å². The fourth-order valence-corrected chi connectivity index (χ4v) is 3.77. The van der Waals surface area contributed by atoms with E-state index < -0.39 is 16.0 Å². The first-order chi connectivity index (χ1) is 13.0. The van der Waals surface area contributed by atoms with Crippen LogP contribution in [0.25, 0.3) is 0 Å². The molecular weight excluding hydrogens is 378 g/mol. The minimum Gasteiger partial charge on any atom is -0.369 e. The van der Waals surface area contributed by atoms with E-state index in [9.17, 15) is 13.2 Å². The SMILES string of the molecule is Cc1cc(C)[n+](CC(=O)Nc2ccc(S(=O)(=O)N=C(N)N)cc2)c(C(C)C)c1. The third-order valence-electron chi connectivity index (χ3n) is 4.10. The number of nitrogens with zero attached hydrogens (tertiary/aromatic N) is 2. The zero-order valence-corrected chi connectivity index (χ0v) is 17.2. The van der Waals surface area contributed by atoms with Crippen molar-refractivity contribution >= 4 is 27.6 Å². The molecule has 150 valence electrons. The molecule has 0 aliphatic rings.